The van der Waals surface area contributed by atoms with Crippen molar-refractivity contribution in [2.24, 2.45) is 0 Å². The van der Waals surface area contributed by atoms with Crippen molar-refractivity contribution in [1.82, 2.24) is 20.0 Å². The fourth-order valence-corrected chi connectivity index (χ4v) is 4.20. The molecule has 166 valence electrons. The summed E-state index contributed by atoms with van der Waals surface area (Å²) in [5.74, 6) is -0.422. The van der Waals surface area contributed by atoms with Crippen LogP contribution in [0.3, 0.4) is 0 Å². The number of carbonyl (C=O) groups excluding carboxylic acids is 2. The van der Waals surface area contributed by atoms with E-state index in [-0.39, 0.29) is 17.6 Å². The Balaban J connectivity index is 1.30. The van der Waals surface area contributed by atoms with E-state index >= 15 is 0 Å². The molecule has 0 bridgehead atoms. The molecule has 0 radical (unpaired) electrons. The van der Waals surface area contributed by atoms with Gasteiger partial charge < -0.3 is 10.2 Å². The van der Waals surface area contributed by atoms with Gasteiger partial charge in [0.1, 0.15) is 5.82 Å². The zero-order chi connectivity index (χ0) is 22.7. The minimum atomic E-state index is -0.323. The zero-order valence-electron chi connectivity index (χ0n) is 18.4. The maximum atomic E-state index is 13.2. The first-order valence-corrected chi connectivity index (χ1v) is 10.9. The van der Waals surface area contributed by atoms with E-state index in [1.807, 2.05) is 24.0 Å². The minimum absolute atomic E-state index is 0.116. The lowest BCUT2D eigenvalue weighted by atomic mass is 9.99. The number of fused-ring (bicyclic) bond motifs is 1. The molecular weight excluding hydrogens is 407 g/mol. The molecule has 1 aromatic heterocycles. The van der Waals surface area contributed by atoms with Gasteiger partial charge in [0.2, 0.25) is 5.91 Å². The second kappa shape index (κ2) is 9.34. The van der Waals surface area contributed by atoms with Gasteiger partial charge in [0.25, 0.3) is 5.91 Å². The lowest BCUT2D eigenvalue weighted by Gasteiger charge is -2.29. The highest BCUT2D eigenvalue weighted by Gasteiger charge is 2.21. The summed E-state index contributed by atoms with van der Waals surface area (Å²) in [4.78, 5) is 27.2. The molecule has 0 fully saturated rings. The number of aromatic nitrogens is 2. The molecule has 0 aliphatic carbocycles. The number of hydrogen-bond acceptors (Lipinski definition) is 3. The molecule has 1 aliphatic heterocycles. The molecule has 6 nitrogen and oxygen atoms in total. The molecule has 1 N–H and O–H groups in total. The molecule has 32 heavy (non-hydrogen) atoms. The van der Waals surface area contributed by atoms with E-state index in [1.165, 1.54) is 23.3 Å². The van der Waals surface area contributed by atoms with Gasteiger partial charge in [-0.15, -0.1) is 0 Å². The molecule has 0 atom stereocenters. The Hall–Kier alpha value is -3.48. The number of aryl methyl sites for hydroxylation is 1. The fraction of sp³-hybridized carbons (Fsp3) is 0.320. The first-order valence-electron chi connectivity index (χ1n) is 10.9. The number of nitrogens with one attached hydrogen (secondary N) is 1. The molecular formula is C25H27FN4O2. The number of nitrogens with zero attached hydrogens (tertiary/aromatic N) is 3. The van der Waals surface area contributed by atoms with Crippen LogP contribution in [0.2, 0.25) is 0 Å². The molecule has 4 rings (SSSR count). The Morgan fingerprint density at radius 2 is 1.78 bits per heavy atom. The molecule has 7 heteroatoms. The molecule has 2 heterocycles. The van der Waals surface area contributed by atoms with Crippen LogP contribution in [0.25, 0.3) is 5.69 Å². The van der Waals surface area contributed by atoms with Crippen LogP contribution in [-0.4, -0.2) is 39.6 Å². The third-order valence-electron chi connectivity index (χ3n) is 5.93. The lowest BCUT2D eigenvalue weighted by molar-refractivity contribution is -0.132. The third-order valence-corrected chi connectivity index (χ3v) is 5.93. The van der Waals surface area contributed by atoms with Crippen molar-refractivity contribution >= 4 is 11.8 Å². The number of halogens is 1. The van der Waals surface area contributed by atoms with Crippen LogP contribution in [-0.2, 0) is 17.8 Å². The first kappa shape index (κ1) is 21.7. The lowest BCUT2D eigenvalue weighted by Crippen LogP contribution is -2.36. The minimum Gasteiger partial charge on any atom is -0.352 e. The van der Waals surface area contributed by atoms with Crippen LogP contribution >= 0.6 is 0 Å². The number of carbonyl (C=O) groups is 2. The van der Waals surface area contributed by atoms with Gasteiger partial charge in [0.05, 0.1) is 22.6 Å². The molecule has 0 unspecified atom stereocenters. The van der Waals surface area contributed by atoms with Gasteiger partial charge in [0.15, 0.2) is 0 Å². The van der Waals surface area contributed by atoms with Gasteiger partial charge in [-0.1, -0.05) is 24.3 Å². The normalized spacial score (nSPS) is 13.0. The first-order chi connectivity index (χ1) is 15.4. The number of hydrogen-bond donors (Lipinski definition) is 1. The SMILES string of the molecule is Cc1nn(-c2ccc(F)cc2)c(C)c1C(=O)NCCCC(=O)N1CCc2ccccc2C1. The second-order valence-corrected chi connectivity index (χ2v) is 8.13. The average Bonchev–Trinajstić information content (AvgIpc) is 3.10. The second-order valence-electron chi connectivity index (χ2n) is 8.13. The van der Waals surface area contributed by atoms with Crippen molar-refractivity contribution < 1.29 is 14.0 Å². The van der Waals surface area contributed by atoms with Crippen LogP contribution in [0.4, 0.5) is 4.39 Å². The summed E-state index contributed by atoms with van der Waals surface area (Å²) < 4.78 is 14.8. The van der Waals surface area contributed by atoms with Gasteiger partial charge in [-0.2, -0.15) is 5.10 Å². The maximum Gasteiger partial charge on any atom is 0.255 e. The van der Waals surface area contributed by atoms with E-state index in [9.17, 15) is 14.0 Å². The summed E-state index contributed by atoms with van der Waals surface area (Å²) >= 11 is 0. The van der Waals surface area contributed by atoms with Gasteiger partial charge in [0, 0.05) is 26.1 Å². The van der Waals surface area contributed by atoms with Crippen LogP contribution < -0.4 is 5.32 Å². The highest BCUT2D eigenvalue weighted by molar-refractivity contribution is 5.96. The Morgan fingerprint density at radius 3 is 2.53 bits per heavy atom. The van der Waals surface area contributed by atoms with Crippen molar-refractivity contribution in [2.75, 3.05) is 13.1 Å². The molecule has 0 spiro atoms. The van der Waals surface area contributed by atoms with E-state index in [2.05, 4.69) is 22.5 Å². The quantitative estimate of drug-likeness (QED) is 0.602. The van der Waals surface area contributed by atoms with E-state index in [1.54, 1.807) is 23.7 Å². The Labute approximate surface area is 187 Å². The van der Waals surface area contributed by atoms with Crippen LogP contribution in [0.5, 0.6) is 0 Å². The Kier molecular flexibility index (Phi) is 6.35. The van der Waals surface area contributed by atoms with Crippen molar-refractivity contribution in [2.45, 2.75) is 39.7 Å². The summed E-state index contributed by atoms with van der Waals surface area (Å²) in [6, 6.07) is 14.2. The summed E-state index contributed by atoms with van der Waals surface area (Å²) in [6.07, 6.45) is 1.86. The summed E-state index contributed by atoms with van der Waals surface area (Å²) in [7, 11) is 0. The van der Waals surface area contributed by atoms with Gasteiger partial charge in [-0.05, 0) is 62.1 Å². The average molecular weight is 435 g/mol. The van der Waals surface area contributed by atoms with E-state index < -0.39 is 0 Å². The van der Waals surface area contributed by atoms with Gasteiger partial charge in [-0.3, -0.25) is 9.59 Å². The van der Waals surface area contributed by atoms with Gasteiger partial charge in [-0.25, -0.2) is 9.07 Å². The summed E-state index contributed by atoms with van der Waals surface area (Å²) in [5, 5.41) is 7.35. The largest absolute Gasteiger partial charge is 0.352 e. The topological polar surface area (TPSA) is 67.2 Å². The smallest absolute Gasteiger partial charge is 0.255 e. The monoisotopic (exact) mass is 434 g/mol. The summed E-state index contributed by atoms with van der Waals surface area (Å²) in [6.45, 7) is 5.40. The maximum absolute atomic E-state index is 13.2. The van der Waals surface area contributed by atoms with Crippen molar-refractivity contribution in [3.8, 4) is 5.69 Å². The van der Waals surface area contributed by atoms with Crippen LogP contribution in [0, 0.1) is 19.7 Å². The van der Waals surface area contributed by atoms with E-state index in [4.69, 9.17) is 0 Å². The summed E-state index contributed by atoms with van der Waals surface area (Å²) in [5.41, 5.74) is 5.02. The van der Waals surface area contributed by atoms with Gasteiger partial charge >= 0.3 is 0 Å². The standard InChI is InChI=1S/C25H27FN4O2/c1-17-24(18(2)30(28-17)22-11-9-21(26)10-12-22)25(32)27-14-5-8-23(31)29-15-13-19-6-3-4-7-20(19)16-29/h3-4,6-7,9-12H,5,8,13-16H2,1-2H3,(H,27,32). The number of amides is 2. The number of rotatable bonds is 6. The Bertz CT molecular complexity index is 1140. The molecule has 1 aliphatic rings. The van der Waals surface area contributed by atoms with E-state index in [0.717, 1.165) is 13.0 Å². The molecule has 2 aromatic carbocycles. The van der Waals surface area contributed by atoms with Crippen LogP contribution in [0.15, 0.2) is 48.5 Å². The van der Waals surface area contributed by atoms with E-state index in [0.29, 0.717) is 48.6 Å². The number of benzene rings is 2. The zero-order valence-corrected chi connectivity index (χ0v) is 18.4. The molecule has 0 saturated heterocycles. The van der Waals surface area contributed by atoms with Crippen molar-refractivity contribution in [1.29, 1.82) is 0 Å². The predicted molar refractivity (Wildman–Crippen MR) is 120 cm³/mol. The Morgan fingerprint density at radius 1 is 1.06 bits per heavy atom. The van der Waals surface area contributed by atoms with Crippen molar-refractivity contribution in [3.05, 3.63) is 82.4 Å². The fourth-order valence-electron chi connectivity index (χ4n) is 4.20. The molecule has 0 saturated carbocycles. The van der Waals surface area contributed by atoms with Crippen LogP contribution in [0.1, 0.15) is 45.7 Å². The predicted octanol–water partition coefficient (Wildman–Crippen LogP) is 3.72. The third kappa shape index (κ3) is 4.56. The highest BCUT2D eigenvalue weighted by Crippen LogP contribution is 2.20. The molecule has 3 aromatic rings. The van der Waals surface area contributed by atoms with Crippen molar-refractivity contribution in [3.63, 3.8) is 0 Å². The molecule has 2 amide bonds. The highest BCUT2D eigenvalue weighted by atomic mass is 19.1.